The average Bonchev–Trinajstić information content (AvgIpc) is 2.68. The molecule has 0 spiro atoms. The van der Waals surface area contributed by atoms with E-state index in [1.54, 1.807) is 17.1 Å². The molecule has 8 heteroatoms. The molecule has 0 atom stereocenters. The van der Waals surface area contributed by atoms with E-state index >= 15 is 0 Å². The van der Waals surface area contributed by atoms with Gasteiger partial charge in [0.25, 0.3) is 10.2 Å². The summed E-state index contributed by atoms with van der Waals surface area (Å²) < 4.78 is 33.3. The van der Waals surface area contributed by atoms with E-state index in [4.69, 9.17) is 4.74 Å². The van der Waals surface area contributed by atoms with Crippen molar-refractivity contribution in [1.82, 2.24) is 13.5 Å². The minimum atomic E-state index is -3.46. The molecule has 0 radical (unpaired) electrons. The molecule has 0 saturated carbocycles. The van der Waals surface area contributed by atoms with Crippen molar-refractivity contribution in [2.45, 2.75) is 0 Å². The predicted octanol–water partition coefficient (Wildman–Crippen LogP) is 0.421. The van der Waals surface area contributed by atoms with E-state index in [-0.39, 0.29) is 5.91 Å². The van der Waals surface area contributed by atoms with E-state index in [0.29, 0.717) is 52.5 Å². The van der Waals surface area contributed by atoms with Gasteiger partial charge >= 0.3 is 0 Å². The van der Waals surface area contributed by atoms with E-state index in [1.165, 1.54) is 8.61 Å². The Kier molecular flexibility index (Phi) is 5.85. The van der Waals surface area contributed by atoms with Crippen LogP contribution in [0.3, 0.4) is 0 Å². The lowest BCUT2D eigenvalue weighted by Crippen LogP contribution is -2.55. The number of hydrogen-bond acceptors (Lipinski definition) is 4. The highest BCUT2D eigenvalue weighted by Crippen LogP contribution is 2.14. The molecule has 2 fully saturated rings. The van der Waals surface area contributed by atoms with Crippen molar-refractivity contribution >= 4 is 22.2 Å². The molecule has 0 N–H and O–H groups in total. The van der Waals surface area contributed by atoms with Crippen LogP contribution in [-0.2, 0) is 19.7 Å². The fourth-order valence-electron chi connectivity index (χ4n) is 2.92. The van der Waals surface area contributed by atoms with E-state index in [0.717, 1.165) is 5.56 Å². The summed E-state index contributed by atoms with van der Waals surface area (Å²) in [5, 5.41) is 0. The number of piperazine rings is 1. The molecule has 2 aliphatic heterocycles. The molecule has 0 unspecified atom stereocenters. The number of ether oxygens (including phenoxy) is 1. The lowest BCUT2D eigenvalue weighted by Gasteiger charge is -2.37. The van der Waals surface area contributed by atoms with Gasteiger partial charge < -0.3 is 9.64 Å². The maximum absolute atomic E-state index is 12.6. The number of rotatable bonds is 4. The zero-order chi connectivity index (χ0) is 17.7. The molecule has 1 amide bonds. The van der Waals surface area contributed by atoms with Crippen molar-refractivity contribution in [1.29, 1.82) is 0 Å². The molecule has 1 aromatic carbocycles. The van der Waals surface area contributed by atoms with Crippen LogP contribution in [0.4, 0.5) is 0 Å². The van der Waals surface area contributed by atoms with Crippen LogP contribution < -0.4 is 0 Å². The van der Waals surface area contributed by atoms with Crippen LogP contribution >= 0.6 is 0 Å². The van der Waals surface area contributed by atoms with Gasteiger partial charge in [-0.3, -0.25) is 4.79 Å². The number of carbonyl (C=O) groups is 1. The van der Waals surface area contributed by atoms with Gasteiger partial charge in [0.1, 0.15) is 0 Å². The molecule has 2 heterocycles. The maximum Gasteiger partial charge on any atom is 0.282 e. The SMILES string of the molecule is O=C(C=Cc1ccccc1)N1CCN(S(=O)(=O)N2CCOCC2)CC1. The standard InChI is InChI=1S/C17H23N3O4S/c21-17(7-6-16-4-2-1-3-5-16)18-8-10-19(11-9-18)25(22,23)20-12-14-24-15-13-20/h1-7H,8-15H2. The first kappa shape index (κ1) is 18.1. The molecular weight excluding hydrogens is 342 g/mol. The van der Waals surface area contributed by atoms with Crippen LogP contribution in [0.1, 0.15) is 5.56 Å². The Morgan fingerprint density at radius 2 is 1.52 bits per heavy atom. The summed E-state index contributed by atoms with van der Waals surface area (Å²) in [6.45, 7) is 3.10. The largest absolute Gasteiger partial charge is 0.379 e. The molecule has 1 aromatic rings. The Morgan fingerprint density at radius 3 is 2.16 bits per heavy atom. The summed E-state index contributed by atoms with van der Waals surface area (Å²) in [7, 11) is -3.46. The average molecular weight is 365 g/mol. The molecule has 2 saturated heterocycles. The van der Waals surface area contributed by atoms with E-state index < -0.39 is 10.2 Å². The minimum Gasteiger partial charge on any atom is -0.379 e. The first-order chi connectivity index (χ1) is 12.1. The quantitative estimate of drug-likeness (QED) is 0.725. The number of benzene rings is 1. The van der Waals surface area contributed by atoms with Crippen molar-refractivity contribution in [2.75, 3.05) is 52.5 Å². The van der Waals surface area contributed by atoms with Crippen LogP contribution in [0.2, 0.25) is 0 Å². The van der Waals surface area contributed by atoms with Gasteiger partial charge in [0.05, 0.1) is 13.2 Å². The first-order valence-corrected chi connectivity index (χ1v) is 9.82. The van der Waals surface area contributed by atoms with Gasteiger partial charge in [-0.1, -0.05) is 30.3 Å². The van der Waals surface area contributed by atoms with Gasteiger partial charge in [-0.2, -0.15) is 17.0 Å². The van der Waals surface area contributed by atoms with Crippen molar-refractivity contribution in [3.05, 3.63) is 42.0 Å². The second-order valence-corrected chi connectivity index (χ2v) is 7.92. The summed E-state index contributed by atoms with van der Waals surface area (Å²) in [6, 6.07) is 9.61. The number of carbonyl (C=O) groups excluding carboxylic acids is 1. The monoisotopic (exact) mass is 365 g/mol. The van der Waals surface area contributed by atoms with Crippen LogP contribution in [0.5, 0.6) is 0 Å². The highest BCUT2D eigenvalue weighted by Gasteiger charge is 2.33. The van der Waals surface area contributed by atoms with Crippen LogP contribution in [0.25, 0.3) is 6.08 Å². The zero-order valence-electron chi connectivity index (χ0n) is 14.1. The van der Waals surface area contributed by atoms with Gasteiger partial charge in [-0.05, 0) is 11.6 Å². The fraction of sp³-hybridized carbons (Fsp3) is 0.471. The molecule has 7 nitrogen and oxygen atoms in total. The van der Waals surface area contributed by atoms with Crippen molar-refractivity contribution in [3.63, 3.8) is 0 Å². The van der Waals surface area contributed by atoms with Gasteiger partial charge in [0.15, 0.2) is 0 Å². The molecule has 3 rings (SSSR count). The van der Waals surface area contributed by atoms with Gasteiger partial charge in [0.2, 0.25) is 5.91 Å². The Hall–Kier alpha value is -1.74. The number of amides is 1. The molecule has 0 aromatic heterocycles. The Labute approximate surface area is 148 Å². The Balaban J connectivity index is 1.54. The minimum absolute atomic E-state index is 0.0905. The zero-order valence-corrected chi connectivity index (χ0v) is 14.9. The summed E-state index contributed by atoms with van der Waals surface area (Å²) in [4.78, 5) is 14.0. The van der Waals surface area contributed by atoms with E-state index in [2.05, 4.69) is 0 Å². The summed E-state index contributed by atoms with van der Waals surface area (Å²) in [6.07, 6.45) is 3.32. The second kappa shape index (κ2) is 8.09. The highest BCUT2D eigenvalue weighted by atomic mass is 32.2. The van der Waals surface area contributed by atoms with Crippen molar-refractivity contribution in [2.24, 2.45) is 0 Å². The predicted molar refractivity (Wildman–Crippen MR) is 94.9 cm³/mol. The van der Waals surface area contributed by atoms with Gasteiger partial charge in [-0.15, -0.1) is 0 Å². The topological polar surface area (TPSA) is 70.2 Å². The number of nitrogens with zero attached hydrogens (tertiary/aromatic N) is 3. The smallest absolute Gasteiger partial charge is 0.282 e. The molecule has 2 aliphatic rings. The van der Waals surface area contributed by atoms with Crippen LogP contribution in [0.15, 0.2) is 36.4 Å². The third-order valence-electron chi connectivity index (χ3n) is 4.39. The third-order valence-corrected chi connectivity index (χ3v) is 6.43. The lowest BCUT2D eigenvalue weighted by molar-refractivity contribution is -0.127. The van der Waals surface area contributed by atoms with Gasteiger partial charge in [-0.25, -0.2) is 0 Å². The fourth-order valence-corrected chi connectivity index (χ4v) is 4.48. The van der Waals surface area contributed by atoms with Crippen molar-refractivity contribution < 1.29 is 17.9 Å². The van der Waals surface area contributed by atoms with Gasteiger partial charge in [0, 0.05) is 45.3 Å². The normalized spacial score (nSPS) is 20.9. The number of hydrogen-bond donors (Lipinski definition) is 0. The van der Waals surface area contributed by atoms with E-state index in [9.17, 15) is 13.2 Å². The maximum atomic E-state index is 12.6. The summed E-state index contributed by atoms with van der Waals surface area (Å²) >= 11 is 0. The Bertz CT molecular complexity index is 707. The lowest BCUT2D eigenvalue weighted by atomic mass is 10.2. The summed E-state index contributed by atoms with van der Waals surface area (Å²) in [5.41, 5.74) is 0.962. The Morgan fingerprint density at radius 1 is 0.920 bits per heavy atom. The first-order valence-electron chi connectivity index (χ1n) is 8.42. The highest BCUT2D eigenvalue weighted by molar-refractivity contribution is 7.86. The molecule has 136 valence electrons. The van der Waals surface area contributed by atoms with Crippen LogP contribution in [0, 0.1) is 0 Å². The molecule has 25 heavy (non-hydrogen) atoms. The van der Waals surface area contributed by atoms with Crippen molar-refractivity contribution in [3.8, 4) is 0 Å². The number of morpholine rings is 1. The van der Waals surface area contributed by atoms with Crippen LogP contribution in [-0.4, -0.2) is 80.3 Å². The molecule has 0 aliphatic carbocycles. The van der Waals surface area contributed by atoms with E-state index in [1.807, 2.05) is 30.3 Å². The third kappa shape index (κ3) is 4.46. The second-order valence-electron chi connectivity index (χ2n) is 5.99. The molecular formula is C17H23N3O4S. The summed E-state index contributed by atoms with van der Waals surface area (Å²) in [5.74, 6) is -0.0905. The molecule has 0 bridgehead atoms.